The molecule has 35 heavy (non-hydrogen) atoms. The van der Waals surface area contributed by atoms with Gasteiger partial charge < -0.3 is 10.1 Å². The van der Waals surface area contributed by atoms with E-state index >= 15 is 0 Å². The minimum absolute atomic E-state index is 0.0724. The number of hydrogen-bond acceptors (Lipinski definition) is 10. The minimum atomic E-state index is -0.671. The summed E-state index contributed by atoms with van der Waals surface area (Å²) >= 11 is 0. The van der Waals surface area contributed by atoms with Crippen molar-refractivity contribution in [3.8, 4) is 5.75 Å². The van der Waals surface area contributed by atoms with E-state index in [0.717, 1.165) is 19.2 Å². The summed E-state index contributed by atoms with van der Waals surface area (Å²) in [5.41, 5.74) is 5.30. The lowest BCUT2D eigenvalue weighted by molar-refractivity contribution is -0.384. The van der Waals surface area contributed by atoms with Crippen LogP contribution in [0.2, 0.25) is 0 Å². The van der Waals surface area contributed by atoms with Gasteiger partial charge in [-0.15, -0.1) is 0 Å². The van der Waals surface area contributed by atoms with Crippen LogP contribution in [0, 0.1) is 20.2 Å². The number of nitrogens with zero attached hydrogens (tertiary/aromatic N) is 4. The lowest BCUT2D eigenvalue weighted by Gasteiger charge is -2.11. The van der Waals surface area contributed by atoms with E-state index in [9.17, 15) is 25.0 Å². The Labute approximate surface area is 199 Å². The van der Waals surface area contributed by atoms with Gasteiger partial charge in [0.05, 0.1) is 22.9 Å². The number of hydrazine groups is 1. The first-order valence-corrected chi connectivity index (χ1v) is 10.6. The van der Waals surface area contributed by atoms with Crippen molar-refractivity contribution in [1.82, 2.24) is 15.4 Å². The molecule has 3 N–H and O–H groups in total. The standard InChI is InChI=1S/C22H23N7O6/c1-2-3-12-35-18-10-6-16(7-11-18)25-21-20(29(33)34)22(24-14-23-21)27-26-19(30)13-15-4-8-17(9-5-15)28(31)32/h4-11,14H,2-3,12-13H2,1H3,(H,26,30)(H2,23,24,25,27). The van der Waals surface area contributed by atoms with Gasteiger partial charge in [0.25, 0.3) is 5.69 Å². The highest BCUT2D eigenvalue weighted by molar-refractivity contribution is 5.81. The zero-order chi connectivity index (χ0) is 25.2. The van der Waals surface area contributed by atoms with Crippen LogP contribution < -0.4 is 20.9 Å². The molecule has 0 unspecified atom stereocenters. The van der Waals surface area contributed by atoms with E-state index in [-0.39, 0.29) is 23.7 Å². The van der Waals surface area contributed by atoms with Gasteiger partial charge in [-0.1, -0.05) is 25.5 Å². The molecule has 0 bridgehead atoms. The van der Waals surface area contributed by atoms with Crippen LogP contribution >= 0.6 is 0 Å². The van der Waals surface area contributed by atoms with Gasteiger partial charge in [-0.3, -0.25) is 35.9 Å². The highest BCUT2D eigenvalue weighted by Crippen LogP contribution is 2.31. The molecule has 0 radical (unpaired) electrons. The summed E-state index contributed by atoms with van der Waals surface area (Å²) in [7, 11) is 0. The van der Waals surface area contributed by atoms with Crippen molar-refractivity contribution < 1.29 is 19.4 Å². The Balaban J connectivity index is 1.65. The smallest absolute Gasteiger partial charge is 0.355 e. The van der Waals surface area contributed by atoms with Crippen molar-refractivity contribution >= 4 is 34.6 Å². The maximum Gasteiger partial charge on any atom is 0.355 e. The second kappa shape index (κ2) is 11.9. The molecular formula is C22H23N7O6. The Hall–Kier alpha value is -4.81. The molecule has 3 aromatic rings. The summed E-state index contributed by atoms with van der Waals surface area (Å²) in [5.74, 6) is -0.139. The fourth-order valence-electron chi connectivity index (χ4n) is 2.93. The molecule has 0 aliphatic carbocycles. The third kappa shape index (κ3) is 7.08. The molecule has 0 aliphatic rings. The first-order valence-electron chi connectivity index (χ1n) is 10.6. The van der Waals surface area contributed by atoms with Crippen molar-refractivity contribution in [2.45, 2.75) is 26.2 Å². The molecular weight excluding hydrogens is 458 g/mol. The van der Waals surface area contributed by atoms with Crippen LogP contribution in [-0.4, -0.2) is 32.3 Å². The third-order valence-electron chi connectivity index (χ3n) is 4.72. The van der Waals surface area contributed by atoms with E-state index in [1.807, 2.05) is 0 Å². The first-order chi connectivity index (χ1) is 16.9. The molecule has 1 aromatic heterocycles. The number of nitro groups is 2. The van der Waals surface area contributed by atoms with Gasteiger partial charge >= 0.3 is 5.69 Å². The monoisotopic (exact) mass is 481 g/mol. The molecule has 0 atom stereocenters. The quantitative estimate of drug-likeness (QED) is 0.195. The van der Waals surface area contributed by atoms with Crippen molar-refractivity contribution in [2.75, 3.05) is 17.3 Å². The number of unbranched alkanes of at least 4 members (excludes halogenated alkanes) is 1. The van der Waals surface area contributed by atoms with Crippen LogP contribution in [-0.2, 0) is 11.2 Å². The number of hydrogen-bond donors (Lipinski definition) is 3. The van der Waals surface area contributed by atoms with Gasteiger partial charge in [0.1, 0.15) is 12.1 Å². The Morgan fingerprint density at radius 1 is 0.971 bits per heavy atom. The minimum Gasteiger partial charge on any atom is -0.494 e. The number of amides is 1. The van der Waals surface area contributed by atoms with E-state index < -0.39 is 21.4 Å². The number of non-ortho nitro benzene ring substituents is 1. The average molecular weight is 481 g/mol. The molecule has 13 heteroatoms. The summed E-state index contributed by atoms with van der Waals surface area (Å²) in [6, 6.07) is 12.4. The van der Waals surface area contributed by atoms with E-state index in [1.165, 1.54) is 24.3 Å². The van der Waals surface area contributed by atoms with E-state index in [0.29, 0.717) is 23.6 Å². The molecule has 0 aliphatic heterocycles. The normalized spacial score (nSPS) is 10.3. The zero-order valence-corrected chi connectivity index (χ0v) is 18.8. The third-order valence-corrected chi connectivity index (χ3v) is 4.72. The van der Waals surface area contributed by atoms with E-state index in [4.69, 9.17) is 4.74 Å². The van der Waals surface area contributed by atoms with Crippen LogP contribution in [0.5, 0.6) is 5.75 Å². The molecule has 0 fully saturated rings. The predicted octanol–water partition coefficient (Wildman–Crippen LogP) is 3.90. The first kappa shape index (κ1) is 24.8. The number of aromatic nitrogens is 2. The maximum atomic E-state index is 12.2. The summed E-state index contributed by atoms with van der Waals surface area (Å²) in [5, 5.41) is 25.3. The summed E-state index contributed by atoms with van der Waals surface area (Å²) in [6.07, 6.45) is 2.96. The second-order valence-corrected chi connectivity index (χ2v) is 7.30. The van der Waals surface area contributed by atoms with Crippen LogP contribution in [0.3, 0.4) is 0 Å². The zero-order valence-electron chi connectivity index (χ0n) is 18.8. The molecule has 182 valence electrons. The summed E-state index contributed by atoms with van der Waals surface area (Å²) in [6.45, 7) is 2.67. The number of carbonyl (C=O) groups is 1. The molecule has 3 rings (SSSR count). The van der Waals surface area contributed by atoms with Crippen LogP contribution in [0.4, 0.5) is 28.7 Å². The van der Waals surface area contributed by atoms with Gasteiger partial charge in [0.15, 0.2) is 0 Å². The van der Waals surface area contributed by atoms with Crippen molar-refractivity contribution in [2.24, 2.45) is 0 Å². The molecule has 0 spiro atoms. The van der Waals surface area contributed by atoms with Gasteiger partial charge in [-0.25, -0.2) is 9.97 Å². The SMILES string of the molecule is CCCCOc1ccc(Nc2ncnc(NNC(=O)Cc3ccc([N+](=O)[O-])cc3)c2[N+](=O)[O-])cc1. The number of benzene rings is 2. The van der Waals surface area contributed by atoms with Gasteiger partial charge in [0, 0.05) is 17.8 Å². The molecule has 2 aromatic carbocycles. The number of ether oxygens (including phenoxy) is 1. The summed E-state index contributed by atoms with van der Waals surface area (Å²) < 4.78 is 5.60. The average Bonchev–Trinajstić information content (AvgIpc) is 2.84. The Morgan fingerprint density at radius 3 is 2.29 bits per heavy atom. The predicted molar refractivity (Wildman–Crippen MR) is 127 cm³/mol. The molecule has 1 heterocycles. The van der Waals surface area contributed by atoms with Crippen LogP contribution in [0.15, 0.2) is 54.9 Å². The highest BCUT2D eigenvalue weighted by Gasteiger charge is 2.23. The lowest BCUT2D eigenvalue weighted by Crippen LogP contribution is -2.31. The fourth-order valence-corrected chi connectivity index (χ4v) is 2.93. The van der Waals surface area contributed by atoms with E-state index in [1.54, 1.807) is 24.3 Å². The highest BCUT2D eigenvalue weighted by atomic mass is 16.6. The van der Waals surface area contributed by atoms with Gasteiger partial charge in [0.2, 0.25) is 17.5 Å². The molecule has 0 saturated carbocycles. The number of nitrogens with one attached hydrogen (secondary N) is 3. The number of carbonyl (C=O) groups excluding carboxylic acids is 1. The lowest BCUT2D eigenvalue weighted by atomic mass is 10.1. The molecule has 1 amide bonds. The summed E-state index contributed by atoms with van der Waals surface area (Å²) in [4.78, 5) is 41.3. The van der Waals surface area contributed by atoms with E-state index in [2.05, 4.69) is 33.1 Å². The van der Waals surface area contributed by atoms with Crippen molar-refractivity contribution in [1.29, 1.82) is 0 Å². The second-order valence-electron chi connectivity index (χ2n) is 7.30. The topological polar surface area (TPSA) is 174 Å². The Morgan fingerprint density at radius 2 is 1.66 bits per heavy atom. The van der Waals surface area contributed by atoms with Crippen LogP contribution in [0.1, 0.15) is 25.3 Å². The Bertz CT molecular complexity index is 1190. The molecule has 0 saturated heterocycles. The van der Waals surface area contributed by atoms with Crippen LogP contribution in [0.25, 0.3) is 0 Å². The number of rotatable bonds is 12. The van der Waals surface area contributed by atoms with Crippen molar-refractivity contribution in [3.63, 3.8) is 0 Å². The molecule has 13 nitrogen and oxygen atoms in total. The fraction of sp³-hybridized carbons (Fsp3) is 0.227. The number of nitro benzene ring substituents is 1. The van der Waals surface area contributed by atoms with Gasteiger partial charge in [-0.2, -0.15) is 0 Å². The number of anilines is 3. The largest absolute Gasteiger partial charge is 0.494 e. The maximum absolute atomic E-state index is 12.2. The Kier molecular flexibility index (Phi) is 8.43. The van der Waals surface area contributed by atoms with Crippen molar-refractivity contribution in [3.05, 3.63) is 80.7 Å². The van der Waals surface area contributed by atoms with Gasteiger partial charge in [-0.05, 0) is 36.2 Å².